The van der Waals surface area contributed by atoms with E-state index < -0.39 is 11.9 Å². The molecule has 136 valence electrons. The summed E-state index contributed by atoms with van der Waals surface area (Å²) < 4.78 is 20.3. The number of rotatable bonds is 8. The highest BCUT2D eigenvalue weighted by molar-refractivity contribution is 9.10. The molecule has 7 heteroatoms. The van der Waals surface area contributed by atoms with Gasteiger partial charge in [-0.25, -0.2) is 4.39 Å². The zero-order chi connectivity index (χ0) is 17.4. The van der Waals surface area contributed by atoms with Crippen LogP contribution in [0.4, 0.5) is 4.39 Å². The van der Waals surface area contributed by atoms with E-state index in [1.54, 1.807) is 18.2 Å². The lowest BCUT2D eigenvalue weighted by Crippen LogP contribution is -2.34. The summed E-state index contributed by atoms with van der Waals surface area (Å²) in [6.07, 6.45) is -0.104. The summed E-state index contributed by atoms with van der Waals surface area (Å²) in [7, 11) is 1.86. The Morgan fingerprint density at radius 2 is 1.92 bits per heavy atom. The van der Waals surface area contributed by atoms with Crippen LogP contribution < -0.4 is 15.4 Å². The van der Waals surface area contributed by atoms with Gasteiger partial charge >= 0.3 is 0 Å². The second kappa shape index (κ2) is 11.1. The molecule has 0 fully saturated rings. The van der Waals surface area contributed by atoms with Gasteiger partial charge < -0.3 is 15.4 Å². The van der Waals surface area contributed by atoms with Gasteiger partial charge in [0.1, 0.15) is 0 Å². The zero-order valence-corrected chi connectivity index (χ0v) is 16.2. The molecule has 0 radical (unpaired) electrons. The number of carbonyl (C=O) groups is 1. The predicted octanol–water partition coefficient (Wildman–Crippen LogP) is 3.86. The van der Waals surface area contributed by atoms with Gasteiger partial charge in [-0.15, -0.1) is 12.4 Å². The van der Waals surface area contributed by atoms with E-state index in [-0.39, 0.29) is 24.1 Å². The highest BCUT2D eigenvalue weighted by Crippen LogP contribution is 2.27. The maximum Gasteiger partial charge on any atom is 0.265 e. The van der Waals surface area contributed by atoms with Crippen LogP contribution in [0.2, 0.25) is 0 Å². The summed E-state index contributed by atoms with van der Waals surface area (Å²) in [5, 5.41) is 5.85. The van der Waals surface area contributed by atoms with Gasteiger partial charge in [-0.3, -0.25) is 4.79 Å². The number of benzene rings is 2. The van der Waals surface area contributed by atoms with E-state index in [1.165, 1.54) is 12.1 Å². The van der Waals surface area contributed by atoms with Crippen molar-refractivity contribution in [2.75, 3.05) is 20.1 Å². The lowest BCUT2D eigenvalue weighted by molar-refractivity contribution is -0.128. The van der Waals surface area contributed by atoms with Crippen molar-refractivity contribution in [2.24, 2.45) is 0 Å². The molecule has 0 saturated heterocycles. The average molecular weight is 432 g/mol. The summed E-state index contributed by atoms with van der Waals surface area (Å²) in [6.45, 7) is 1.33. The van der Waals surface area contributed by atoms with E-state index >= 15 is 0 Å². The zero-order valence-electron chi connectivity index (χ0n) is 13.8. The van der Waals surface area contributed by atoms with E-state index in [2.05, 4.69) is 26.6 Å². The van der Waals surface area contributed by atoms with E-state index in [9.17, 15) is 9.18 Å². The third kappa shape index (κ3) is 6.65. The molecule has 0 saturated carbocycles. The van der Waals surface area contributed by atoms with Gasteiger partial charge in [-0.05, 0) is 38.2 Å². The molecular weight excluding hydrogens is 411 g/mol. The minimum absolute atomic E-state index is 0. The number of carbonyl (C=O) groups excluding carboxylic acids is 1. The quantitative estimate of drug-likeness (QED) is 0.624. The Labute approximate surface area is 161 Å². The fourth-order valence-electron chi connectivity index (χ4n) is 2.17. The molecular formula is C18H21BrClFN2O2. The van der Waals surface area contributed by atoms with Crippen molar-refractivity contribution >= 4 is 34.2 Å². The first-order valence-electron chi connectivity index (χ1n) is 7.71. The Bertz CT molecular complexity index is 673. The van der Waals surface area contributed by atoms with E-state index in [4.69, 9.17) is 4.74 Å². The predicted molar refractivity (Wildman–Crippen MR) is 103 cm³/mol. The van der Waals surface area contributed by atoms with Crippen LogP contribution in [0.3, 0.4) is 0 Å². The number of hydrogen-bond donors (Lipinski definition) is 2. The molecule has 1 amide bonds. The molecule has 1 atom stereocenters. The number of amides is 1. The van der Waals surface area contributed by atoms with Gasteiger partial charge in [0.15, 0.2) is 11.6 Å². The summed E-state index contributed by atoms with van der Waals surface area (Å²) in [5.41, 5.74) is 0.672. The summed E-state index contributed by atoms with van der Waals surface area (Å²) >= 11 is 3.20. The first kappa shape index (κ1) is 21.4. The molecule has 0 aliphatic heterocycles. The Hall–Kier alpha value is -1.63. The van der Waals surface area contributed by atoms with Crippen molar-refractivity contribution in [3.8, 4) is 5.75 Å². The van der Waals surface area contributed by atoms with Crippen LogP contribution in [0.5, 0.6) is 5.75 Å². The number of ether oxygens (including phenoxy) is 1. The molecule has 4 nitrogen and oxygen atoms in total. The molecule has 2 rings (SSSR count). The van der Waals surface area contributed by atoms with Crippen molar-refractivity contribution < 1.29 is 13.9 Å². The maximum atomic E-state index is 14.0. The SMILES string of the molecule is CNCCCNC(=O)C(Oc1ccc(Br)cc1F)c1ccccc1.Cl. The molecule has 0 spiro atoms. The second-order valence-corrected chi connectivity index (χ2v) is 6.15. The number of halogens is 3. The normalized spacial score (nSPS) is 11.3. The van der Waals surface area contributed by atoms with Crippen molar-refractivity contribution in [1.82, 2.24) is 10.6 Å². The van der Waals surface area contributed by atoms with Crippen LogP contribution in [0.15, 0.2) is 53.0 Å². The first-order chi connectivity index (χ1) is 11.6. The Balaban J connectivity index is 0.00000312. The van der Waals surface area contributed by atoms with Crippen LogP contribution in [0, 0.1) is 5.82 Å². The Kier molecular flexibility index (Phi) is 9.49. The smallest absolute Gasteiger partial charge is 0.265 e. The van der Waals surface area contributed by atoms with Crippen molar-refractivity contribution in [3.63, 3.8) is 0 Å². The largest absolute Gasteiger partial charge is 0.473 e. The van der Waals surface area contributed by atoms with Crippen molar-refractivity contribution in [2.45, 2.75) is 12.5 Å². The lowest BCUT2D eigenvalue weighted by atomic mass is 10.1. The number of hydrogen-bond acceptors (Lipinski definition) is 3. The third-order valence-corrected chi connectivity index (χ3v) is 3.88. The standard InChI is InChI=1S/C18H20BrFN2O2.ClH/c1-21-10-5-11-22-18(23)17(13-6-3-2-4-7-13)24-16-9-8-14(19)12-15(16)20;/h2-4,6-9,12,17,21H,5,10-11H2,1H3,(H,22,23);1H. The molecule has 0 aliphatic carbocycles. The second-order valence-electron chi connectivity index (χ2n) is 5.23. The average Bonchev–Trinajstić information content (AvgIpc) is 2.58. The molecule has 2 aromatic rings. The topological polar surface area (TPSA) is 50.4 Å². The Morgan fingerprint density at radius 1 is 1.20 bits per heavy atom. The minimum Gasteiger partial charge on any atom is -0.473 e. The fraction of sp³-hybridized carbons (Fsp3) is 0.278. The molecule has 0 aromatic heterocycles. The third-order valence-electron chi connectivity index (χ3n) is 3.38. The number of nitrogens with one attached hydrogen (secondary N) is 2. The molecule has 2 aromatic carbocycles. The maximum absolute atomic E-state index is 14.0. The van der Waals surface area contributed by atoms with E-state index in [0.29, 0.717) is 16.6 Å². The van der Waals surface area contributed by atoms with Gasteiger partial charge in [0.25, 0.3) is 5.91 Å². The molecule has 0 bridgehead atoms. The summed E-state index contributed by atoms with van der Waals surface area (Å²) in [6, 6.07) is 13.5. The van der Waals surface area contributed by atoms with Gasteiger partial charge in [0.05, 0.1) is 0 Å². The molecule has 2 N–H and O–H groups in total. The van der Waals surface area contributed by atoms with E-state index in [1.807, 2.05) is 25.2 Å². The first-order valence-corrected chi connectivity index (χ1v) is 8.50. The highest BCUT2D eigenvalue weighted by atomic mass is 79.9. The fourth-order valence-corrected chi connectivity index (χ4v) is 2.50. The van der Waals surface area contributed by atoms with Crippen LogP contribution in [0.1, 0.15) is 18.1 Å². The Morgan fingerprint density at radius 3 is 2.56 bits per heavy atom. The van der Waals surface area contributed by atoms with Crippen molar-refractivity contribution in [3.05, 3.63) is 64.4 Å². The van der Waals surface area contributed by atoms with Crippen LogP contribution in [-0.2, 0) is 4.79 Å². The van der Waals surface area contributed by atoms with E-state index in [0.717, 1.165) is 13.0 Å². The highest BCUT2D eigenvalue weighted by Gasteiger charge is 2.23. The van der Waals surface area contributed by atoms with Gasteiger partial charge in [-0.2, -0.15) is 0 Å². The molecule has 25 heavy (non-hydrogen) atoms. The van der Waals surface area contributed by atoms with Crippen LogP contribution >= 0.6 is 28.3 Å². The van der Waals surface area contributed by atoms with Crippen LogP contribution in [0.25, 0.3) is 0 Å². The molecule has 0 aliphatic rings. The monoisotopic (exact) mass is 430 g/mol. The lowest BCUT2D eigenvalue weighted by Gasteiger charge is -2.19. The van der Waals surface area contributed by atoms with Crippen molar-refractivity contribution in [1.29, 1.82) is 0 Å². The summed E-state index contributed by atoms with van der Waals surface area (Å²) in [4.78, 5) is 12.5. The van der Waals surface area contributed by atoms with Gasteiger partial charge in [-0.1, -0.05) is 46.3 Å². The summed E-state index contributed by atoms with van der Waals surface area (Å²) in [5.74, 6) is -0.773. The molecule has 1 unspecified atom stereocenters. The van der Waals surface area contributed by atoms with Gasteiger partial charge in [0.2, 0.25) is 6.10 Å². The molecule has 0 heterocycles. The minimum atomic E-state index is -0.906. The van der Waals surface area contributed by atoms with Crippen LogP contribution in [-0.4, -0.2) is 26.0 Å². The van der Waals surface area contributed by atoms with Gasteiger partial charge in [0, 0.05) is 16.6 Å².